The maximum atomic E-state index is 14.4. The van der Waals surface area contributed by atoms with Crippen LogP contribution in [0.2, 0.25) is 0 Å². The molecule has 0 unspecified atom stereocenters. The zero-order valence-electron chi connectivity index (χ0n) is 15.5. The van der Waals surface area contributed by atoms with Crippen LogP contribution >= 0.6 is 0 Å². The number of nitrogens with two attached hydrogens (primary N) is 2. The number of hydrogen-bond acceptors (Lipinski definition) is 8. The molecule has 0 aromatic heterocycles. The van der Waals surface area contributed by atoms with Gasteiger partial charge in [0.05, 0.1) is 22.0 Å². The van der Waals surface area contributed by atoms with E-state index < -0.39 is 67.5 Å². The summed E-state index contributed by atoms with van der Waals surface area (Å²) < 4.78 is 67.2. The summed E-state index contributed by atoms with van der Waals surface area (Å²) in [6.07, 6.45) is 0. The van der Waals surface area contributed by atoms with Gasteiger partial charge in [-0.2, -0.15) is 17.6 Å². The molecule has 0 fully saturated rings. The molecule has 0 saturated carbocycles. The molecule has 0 heterocycles. The van der Waals surface area contributed by atoms with Crippen LogP contribution in [-0.4, -0.2) is 9.85 Å². The largest absolute Gasteiger partial charge is 0.451 e. The maximum Gasteiger partial charge on any atom is 0.295 e. The third-order valence-corrected chi connectivity index (χ3v) is 4.02. The van der Waals surface area contributed by atoms with Crippen LogP contribution in [0.4, 0.5) is 40.3 Å². The second-order valence-corrected chi connectivity index (χ2v) is 6.07. The molecule has 32 heavy (non-hydrogen) atoms. The molecular formula is C18H10F4N4O6. The van der Waals surface area contributed by atoms with E-state index in [2.05, 4.69) is 0 Å². The molecule has 0 aliphatic heterocycles. The van der Waals surface area contributed by atoms with Crippen LogP contribution in [0.25, 0.3) is 0 Å². The summed E-state index contributed by atoms with van der Waals surface area (Å²) in [6, 6.07) is 5.33. The van der Waals surface area contributed by atoms with E-state index in [1.165, 1.54) is 0 Å². The Hall–Kier alpha value is -4.62. The zero-order valence-corrected chi connectivity index (χ0v) is 15.5. The Labute approximate surface area is 174 Å². The molecule has 0 aliphatic rings. The van der Waals surface area contributed by atoms with E-state index in [1.807, 2.05) is 0 Å². The Morgan fingerprint density at radius 1 is 0.656 bits per heavy atom. The zero-order chi connectivity index (χ0) is 23.7. The van der Waals surface area contributed by atoms with E-state index in [-0.39, 0.29) is 11.4 Å². The molecule has 3 rings (SSSR count). The summed E-state index contributed by atoms with van der Waals surface area (Å²) in [5, 5.41) is 21.8. The van der Waals surface area contributed by atoms with Crippen molar-refractivity contribution in [2.75, 3.05) is 11.5 Å². The van der Waals surface area contributed by atoms with Gasteiger partial charge in [0.25, 0.3) is 11.4 Å². The molecule has 3 aromatic carbocycles. The van der Waals surface area contributed by atoms with Crippen LogP contribution in [-0.2, 0) is 0 Å². The van der Waals surface area contributed by atoms with Gasteiger partial charge in [-0.05, 0) is 24.3 Å². The number of nitro benzene ring substituents is 2. The summed E-state index contributed by atoms with van der Waals surface area (Å²) in [6.45, 7) is 0. The average molecular weight is 454 g/mol. The van der Waals surface area contributed by atoms with E-state index in [1.54, 1.807) is 0 Å². The Morgan fingerprint density at radius 3 is 1.25 bits per heavy atom. The first kappa shape index (κ1) is 22.1. The average Bonchev–Trinajstić information content (AvgIpc) is 2.74. The number of halogens is 4. The normalized spacial score (nSPS) is 10.6. The van der Waals surface area contributed by atoms with Crippen molar-refractivity contribution in [3.8, 4) is 23.0 Å². The molecule has 0 bridgehead atoms. The molecule has 4 N–H and O–H groups in total. The third kappa shape index (κ3) is 4.00. The summed E-state index contributed by atoms with van der Waals surface area (Å²) in [5.41, 5.74) is 8.86. The van der Waals surface area contributed by atoms with Gasteiger partial charge in [-0.25, -0.2) is 0 Å². The molecule has 10 nitrogen and oxygen atoms in total. The van der Waals surface area contributed by atoms with Crippen LogP contribution in [0.3, 0.4) is 0 Å². The first-order valence-corrected chi connectivity index (χ1v) is 8.30. The first-order chi connectivity index (χ1) is 15.0. The fourth-order valence-electron chi connectivity index (χ4n) is 2.50. The number of anilines is 2. The molecule has 0 amide bonds. The molecule has 0 saturated heterocycles. The number of benzene rings is 3. The van der Waals surface area contributed by atoms with E-state index in [9.17, 15) is 37.8 Å². The monoisotopic (exact) mass is 454 g/mol. The molecule has 166 valence electrons. The molecular weight excluding hydrogens is 444 g/mol. The third-order valence-electron chi connectivity index (χ3n) is 4.02. The number of nitrogen functional groups attached to an aromatic ring is 2. The van der Waals surface area contributed by atoms with Crippen LogP contribution in [0, 0.1) is 43.5 Å². The summed E-state index contributed by atoms with van der Waals surface area (Å²) in [4.78, 5) is 20.0. The standard InChI is InChI=1S/C18H10F4N4O6/c19-13-15(21)18(32-8-2-4-10(24)12(6-8)26(29)30)16(22)14(20)17(13)31-7-1-3-9(23)11(5-7)25(27)28/h1-6H,23-24H2. The van der Waals surface area contributed by atoms with Crippen molar-refractivity contribution >= 4 is 22.7 Å². The fourth-order valence-corrected chi connectivity index (χ4v) is 2.50. The van der Waals surface area contributed by atoms with Crippen molar-refractivity contribution in [1.29, 1.82) is 0 Å². The Bertz CT molecular complexity index is 1150. The molecule has 0 atom stereocenters. The Kier molecular flexibility index (Phi) is 5.69. The number of hydrogen-bond donors (Lipinski definition) is 2. The van der Waals surface area contributed by atoms with Crippen molar-refractivity contribution in [1.82, 2.24) is 0 Å². The van der Waals surface area contributed by atoms with Crippen LogP contribution in [0.1, 0.15) is 0 Å². The smallest absolute Gasteiger partial charge is 0.295 e. The number of nitro groups is 2. The van der Waals surface area contributed by atoms with Gasteiger partial charge in [-0.3, -0.25) is 20.2 Å². The Balaban J connectivity index is 2.02. The van der Waals surface area contributed by atoms with Crippen molar-refractivity contribution in [2.45, 2.75) is 0 Å². The lowest BCUT2D eigenvalue weighted by Crippen LogP contribution is -2.04. The molecule has 14 heteroatoms. The van der Waals surface area contributed by atoms with Gasteiger partial charge in [0.1, 0.15) is 22.9 Å². The van der Waals surface area contributed by atoms with Gasteiger partial charge in [-0.15, -0.1) is 0 Å². The van der Waals surface area contributed by atoms with Crippen LogP contribution in [0.5, 0.6) is 23.0 Å². The van der Waals surface area contributed by atoms with E-state index in [0.717, 1.165) is 24.3 Å². The van der Waals surface area contributed by atoms with Gasteiger partial charge in [0.15, 0.2) is 0 Å². The Morgan fingerprint density at radius 2 is 0.969 bits per heavy atom. The van der Waals surface area contributed by atoms with Gasteiger partial charge >= 0.3 is 0 Å². The van der Waals surface area contributed by atoms with Gasteiger partial charge in [0, 0.05) is 0 Å². The molecule has 0 aliphatic carbocycles. The van der Waals surface area contributed by atoms with Gasteiger partial charge in [-0.1, -0.05) is 0 Å². The van der Waals surface area contributed by atoms with Gasteiger partial charge < -0.3 is 20.9 Å². The quantitative estimate of drug-likeness (QED) is 0.177. The minimum atomic E-state index is -2.02. The van der Waals surface area contributed by atoms with Crippen molar-refractivity contribution in [3.63, 3.8) is 0 Å². The van der Waals surface area contributed by atoms with Crippen molar-refractivity contribution < 1.29 is 36.9 Å². The van der Waals surface area contributed by atoms with E-state index >= 15 is 0 Å². The second kappa shape index (κ2) is 8.25. The highest BCUT2D eigenvalue weighted by molar-refractivity contribution is 5.62. The number of nitrogens with zero attached hydrogens (tertiary/aromatic N) is 2. The van der Waals surface area contributed by atoms with Crippen LogP contribution in [0.15, 0.2) is 36.4 Å². The van der Waals surface area contributed by atoms with Crippen LogP contribution < -0.4 is 20.9 Å². The second-order valence-electron chi connectivity index (χ2n) is 6.07. The highest BCUT2D eigenvalue weighted by Crippen LogP contribution is 2.40. The number of ether oxygens (including phenoxy) is 2. The van der Waals surface area contributed by atoms with Crippen molar-refractivity contribution in [3.05, 3.63) is 79.9 Å². The lowest BCUT2D eigenvalue weighted by atomic mass is 10.2. The molecule has 0 radical (unpaired) electrons. The fraction of sp³-hybridized carbons (Fsp3) is 0. The minimum absolute atomic E-state index is 0.290. The highest BCUT2D eigenvalue weighted by atomic mass is 19.2. The number of rotatable bonds is 6. The minimum Gasteiger partial charge on any atom is -0.451 e. The highest BCUT2D eigenvalue weighted by Gasteiger charge is 2.30. The lowest BCUT2D eigenvalue weighted by molar-refractivity contribution is -0.384. The summed E-state index contributed by atoms with van der Waals surface area (Å²) in [7, 11) is 0. The van der Waals surface area contributed by atoms with Gasteiger partial charge in [0.2, 0.25) is 34.8 Å². The predicted octanol–water partition coefficient (Wildman–Crippen LogP) is 4.81. The first-order valence-electron chi connectivity index (χ1n) is 8.30. The topological polar surface area (TPSA) is 157 Å². The van der Waals surface area contributed by atoms with Crippen molar-refractivity contribution in [2.24, 2.45) is 0 Å². The SMILES string of the molecule is Nc1ccc(Oc2c(F)c(F)c(Oc3ccc(N)c([N+](=O)[O-])c3)c(F)c2F)cc1[N+](=O)[O-]. The van der Waals surface area contributed by atoms with E-state index in [0.29, 0.717) is 12.1 Å². The predicted molar refractivity (Wildman–Crippen MR) is 101 cm³/mol. The summed E-state index contributed by atoms with van der Waals surface area (Å²) >= 11 is 0. The molecule has 0 spiro atoms. The summed E-state index contributed by atoms with van der Waals surface area (Å²) in [5.74, 6) is -12.3. The lowest BCUT2D eigenvalue weighted by Gasteiger charge is -2.14. The molecule has 3 aromatic rings. The maximum absolute atomic E-state index is 14.4. The van der Waals surface area contributed by atoms with E-state index in [4.69, 9.17) is 20.9 Å².